The number of carbonyl (C=O) groups is 3. The molecule has 0 bridgehead atoms. The van der Waals surface area contributed by atoms with Crippen molar-refractivity contribution in [2.75, 3.05) is 33.7 Å². The molecule has 0 saturated carbocycles. The van der Waals surface area contributed by atoms with E-state index in [0.29, 0.717) is 38.1 Å². The molecule has 2 amide bonds. The van der Waals surface area contributed by atoms with E-state index in [9.17, 15) is 14.4 Å². The first-order valence-electron chi connectivity index (χ1n) is 14.0. The predicted octanol–water partition coefficient (Wildman–Crippen LogP) is 5.06. The SMILES string of the molecule is CCCC(=O)C1(c2ccccc2)CCN(C(=O)CCc2ccc(C)cc2)CC1.CN(C)CCCCC(N)=O. The van der Waals surface area contributed by atoms with Crippen LogP contribution in [0.1, 0.15) is 75.0 Å². The minimum Gasteiger partial charge on any atom is -0.370 e. The van der Waals surface area contributed by atoms with Gasteiger partial charge in [-0.05, 0) is 77.2 Å². The molecule has 0 radical (unpaired) electrons. The van der Waals surface area contributed by atoms with Gasteiger partial charge in [0, 0.05) is 32.4 Å². The van der Waals surface area contributed by atoms with E-state index in [-0.39, 0.29) is 11.8 Å². The maximum Gasteiger partial charge on any atom is 0.222 e. The van der Waals surface area contributed by atoms with Crippen molar-refractivity contribution in [2.45, 2.75) is 77.0 Å². The van der Waals surface area contributed by atoms with E-state index in [1.165, 1.54) is 11.1 Å². The average molecular weight is 522 g/mol. The van der Waals surface area contributed by atoms with Gasteiger partial charge in [-0.15, -0.1) is 0 Å². The van der Waals surface area contributed by atoms with E-state index in [2.05, 4.69) is 55.1 Å². The summed E-state index contributed by atoms with van der Waals surface area (Å²) in [4.78, 5) is 40.1. The van der Waals surface area contributed by atoms with Crippen LogP contribution in [0.15, 0.2) is 54.6 Å². The maximum atomic E-state index is 13.0. The topological polar surface area (TPSA) is 83.7 Å². The van der Waals surface area contributed by atoms with Crippen molar-refractivity contribution in [1.29, 1.82) is 0 Å². The summed E-state index contributed by atoms with van der Waals surface area (Å²) < 4.78 is 0. The molecule has 1 aliphatic heterocycles. The summed E-state index contributed by atoms with van der Waals surface area (Å²) in [7, 11) is 4.04. The van der Waals surface area contributed by atoms with Crippen LogP contribution in [-0.2, 0) is 26.2 Å². The lowest BCUT2D eigenvalue weighted by Crippen LogP contribution is -2.49. The van der Waals surface area contributed by atoms with Gasteiger partial charge in [0.2, 0.25) is 11.8 Å². The Kier molecular flexibility index (Phi) is 13.2. The number of likely N-dealkylation sites (tertiary alicyclic amines) is 1. The van der Waals surface area contributed by atoms with Crippen molar-refractivity contribution in [1.82, 2.24) is 9.80 Å². The van der Waals surface area contributed by atoms with Crippen LogP contribution in [0, 0.1) is 6.92 Å². The maximum absolute atomic E-state index is 13.0. The number of aryl methyl sites for hydroxylation is 2. The number of rotatable bonds is 12. The highest BCUT2D eigenvalue weighted by molar-refractivity contribution is 5.90. The van der Waals surface area contributed by atoms with Gasteiger partial charge in [0.25, 0.3) is 0 Å². The van der Waals surface area contributed by atoms with Gasteiger partial charge in [-0.2, -0.15) is 0 Å². The number of primary amides is 1. The lowest BCUT2D eigenvalue weighted by Gasteiger charge is -2.41. The van der Waals surface area contributed by atoms with Crippen molar-refractivity contribution < 1.29 is 14.4 Å². The average Bonchev–Trinajstić information content (AvgIpc) is 2.91. The number of benzene rings is 2. The van der Waals surface area contributed by atoms with Gasteiger partial charge in [0.1, 0.15) is 5.78 Å². The molecule has 1 heterocycles. The third kappa shape index (κ3) is 10.1. The summed E-state index contributed by atoms with van der Waals surface area (Å²) in [5.74, 6) is 0.330. The van der Waals surface area contributed by atoms with Crippen molar-refractivity contribution in [3.8, 4) is 0 Å². The summed E-state index contributed by atoms with van der Waals surface area (Å²) in [6, 6.07) is 18.5. The summed E-state index contributed by atoms with van der Waals surface area (Å²) >= 11 is 0. The number of amides is 2. The van der Waals surface area contributed by atoms with Crippen molar-refractivity contribution >= 4 is 17.6 Å². The number of nitrogens with two attached hydrogens (primary N) is 1. The number of Topliss-reactive ketones (excluding diaryl/α,β-unsaturated/α-hetero) is 1. The minimum absolute atomic E-state index is 0.196. The molecule has 6 nitrogen and oxygen atoms in total. The molecule has 2 N–H and O–H groups in total. The third-order valence-corrected chi connectivity index (χ3v) is 7.33. The van der Waals surface area contributed by atoms with E-state index in [1.54, 1.807) is 0 Å². The monoisotopic (exact) mass is 521 g/mol. The molecular formula is C32H47N3O3. The first kappa shape index (κ1) is 31.2. The van der Waals surface area contributed by atoms with E-state index >= 15 is 0 Å². The van der Waals surface area contributed by atoms with Crippen LogP contribution in [0.2, 0.25) is 0 Å². The number of piperidine rings is 1. The van der Waals surface area contributed by atoms with Gasteiger partial charge >= 0.3 is 0 Å². The van der Waals surface area contributed by atoms with E-state index < -0.39 is 5.41 Å². The highest BCUT2D eigenvalue weighted by Crippen LogP contribution is 2.38. The molecule has 2 aromatic carbocycles. The number of hydrogen-bond donors (Lipinski definition) is 1. The summed E-state index contributed by atoms with van der Waals surface area (Å²) in [6.07, 6.45) is 6.72. The summed E-state index contributed by atoms with van der Waals surface area (Å²) in [5, 5.41) is 0. The minimum atomic E-state index is -0.426. The van der Waals surface area contributed by atoms with E-state index in [4.69, 9.17) is 5.73 Å². The van der Waals surface area contributed by atoms with Crippen LogP contribution in [0.25, 0.3) is 0 Å². The normalized spacial score (nSPS) is 14.5. The zero-order chi connectivity index (χ0) is 28.0. The molecule has 2 aromatic rings. The van der Waals surface area contributed by atoms with Gasteiger partial charge in [-0.25, -0.2) is 0 Å². The van der Waals surface area contributed by atoms with Gasteiger partial charge in [0.05, 0.1) is 5.41 Å². The predicted molar refractivity (Wildman–Crippen MR) is 155 cm³/mol. The lowest BCUT2D eigenvalue weighted by molar-refractivity contribution is -0.136. The van der Waals surface area contributed by atoms with Crippen LogP contribution in [0.4, 0.5) is 0 Å². The molecule has 0 aliphatic carbocycles. The highest BCUT2D eigenvalue weighted by Gasteiger charge is 2.42. The van der Waals surface area contributed by atoms with Crippen molar-refractivity contribution in [2.24, 2.45) is 5.73 Å². The first-order chi connectivity index (χ1) is 18.2. The number of nitrogens with zero attached hydrogens (tertiary/aromatic N) is 2. The Labute approximate surface area is 229 Å². The fourth-order valence-corrected chi connectivity index (χ4v) is 4.98. The Bertz CT molecular complexity index is 994. The number of ketones is 1. The zero-order valence-corrected chi connectivity index (χ0v) is 23.9. The first-order valence-corrected chi connectivity index (χ1v) is 14.0. The highest BCUT2D eigenvalue weighted by atomic mass is 16.2. The summed E-state index contributed by atoms with van der Waals surface area (Å²) in [6.45, 7) is 6.49. The molecule has 38 heavy (non-hydrogen) atoms. The fraction of sp³-hybridized carbons (Fsp3) is 0.531. The Morgan fingerprint density at radius 2 is 1.53 bits per heavy atom. The van der Waals surface area contributed by atoms with Gasteiger partial charge in [-0.3, -0.25) is 14.4 Å². The van der Waals surface area contributed by atoms with Crippen LogP contribution in [-0.4, -0.2) is 61.1 Å². The second-order valence-electron chi connectivity index (χ2n) is 10.7. The Morgan fingerprint density at radius 3 is 2.08 bits per heavy atom. The molecule has 208 valence electrons. The van der Waals surface area contributed by atoms with Gasteiger partial charge in [0.15, 0.2) is 0 Å². The molecule has 0 unspecified atom stereocenters. The van der Waals surface area contributed by atoms with Crippen LogP contribution in [0.5, 0.6) is 0 Å². The second-order valence-corrected chi connectivity index (χ2v) is 10.7. The largest absolute Gasteiger partial charge is 0.370 e. The van der Waals surface area contributed by atoms with Crippen LogP contribution >= 0.6 is 0 Å². The Hall–Kier alpha value is -2.99. The van der Waals surface area contributed by atoms with Gasteiger partial charge in [-0.1, -0.05) is 67.1 Å². The van der Waals surface area contributed by atoms with Crippen molar-refractivity contribution in [3.05, 3.63) is 71.3 Å². The molecule has 0 spiro atoms. The molecule has 3 rings (SSSR count). The Balaban J connectivity index is 0.000000432. The number of carbonyl (C=O) groups excluding carboxylic acids is 3. The Morgan fingerprint density at radius 1 is 0.895 bits per heavy atom. The molecule has 0 atom stereocenters. The van der Waals surface area contributed by atoms with Gasteiger partial charge < -0.3 is 15.5 Å². The molecule has 0 aromatic heterocycles. The summed E-state index contributed by atoms with van der Waals surface area (Å²) in [5.41, 5.74) is 8.08. The van der Waals surface area contributed by atoms with E-state index in [0.717, 1.165) is 50.6 Å². The second kappa shape index (κ2) is 16.1. The van der Waals surface area contributed by atoms with Crippen LogP contribution < -0.4 is 5.73 Å². The molecule has 1 aliphatic rings. The molecule has 1 fully saturated rings. The van der Waals surface area contributed by atoms with E-state index in [1.807, 2.05) is 37.2 Å². The molecule has 6 heteroatoms. The smallest absolute Gasteiger partial charge is 0.222 e. The molecular weight excluding hydrogens is 474 g/mol. The lowest BCUT2D eigenvalue weighted by atomic mass is 9.68. The molecule has 1 saturated heterocycles. The van der Waals surface area contributed by atoms with Crippen molar-refractivity contribution in [3.63, 3.8) is 0 Å². The third-order valence-electron chi connectivity index (χ3n) is 7.33. The van der Waals surface area contributed by atoms with Crippen LogP contribution in [0.3, 0.4) is 0 Å². The number of hydrogen-bond acceptors (Lipinski definition) is 4. The zero-order valence-electron chi connectivity index (χ0n) is 23.9. The number of unbranched alkanes of at least 4 members (excludes halogenated alkanes) is 1. The standard InChI is InChI=1S/C25H31NO2.C7H16N2O/c1-3-7-23(27)25(22-8-5-4-6-9-22)16-18-26(19-17-25)24(28)15-14-21-12-10-20(2)11-13-21;1-9(2)6-4-3-5-7(8)10/h4-6,8-13H,3,7,14-19H2,1-2H3;3-6H2,1-2H3,(H2,8,10). The quantitative estimate of drug-likeness (QED) is 0.396. The fourth-order valence-electron chi connectivity index (χ4n) is 4.98.